The molecule has 3 heterocycles. The van der Waals surface area contributed by atoms with E-state index in [1.807, 2.05) is 6.07 Å². The van der Waals surface area contributed by atoms with E-state index in [1.165, 1.54) is 16.0 Å². The number of pyridine rings is 1. The fraction of sp³-hybridized carbons (Fsp3) is 0.481. The number of benzene rings is 1. The third-order valence-corrected chi connectivity index (χ3v) is 8.09. The summed E-state index contributed by atoms with van der Waals surface area (Å²) in [5, 5.41) is 0. The molecule has 184 valence electrons. The highest BCUT2D eigenvalue weighted by Crippen LogP contribution is 2.62. The number of ether oxygens (including phenoxy) is 4. The first-order valence-electron chi connectivity index (χ1n) is 12.1. The van der Waals surface area contributed by atoms with Crippen LogP contribution in [-0.4, -0.2) is 80.5 Å². The lowest BCUT2D eigenvalue weighted by Gasteiger charge is -2.56. The summed E-state index contributed by atoms with van der Waals surface area (Å²) in [6.07, 6.45) is 7.49. The highest BCUT2D eigenvalue weighted by molar-refractivity contribution is 5.93. The van der Waals surface area contributed by atoms with Crippen molar-refractivity contribution in [2.24, 2.45) is 5.92 Å². The first-order valence-corrected chi connectivity index (χ1v) is 12.1. The number of aromatic nitrogens is 1. The van der Waals surface area contributed by atoms with Gasteiger partial charge in [0.25, 0.3) is 5.91 Å². The molecule has 1 saturated heterocycles. The van der Waals surface area contributed by atoms with Crippen LogP contribution in [0.15, 0.2) is 42.6 Å². The van der Waals surface area contributed by atoms with Gasteiger partial charge in [-0.1, -0.05) is 12.1 Å². The molecule has 1 fully saturated rings. The van der Waals surface area contributed by atoms with Crippen molar-refractivity contribution < 1.29 is 23.7 Å². The van der Waals surface area contributed by atoms with E-state index >= 15 is 0 Å². The monoisotopic (exact) mass is 477 g/mol. The van der Waals surface area contributed by atoms with Crippen LogP contribution < -0.4 is 14.2 Å². The zero-order valence-corrected chi connectivity index (χ0v) is 20.6. The van der Waals surface area contributed by atoms with Crippen molar-refractivity contribution in [2.75, 3.05) is 41.6 Å². The molecule has 0 saturated carbocycles. The number of hydrogen-bond donors (Lipinski definition) is 0. The van der Waals surface area contributed by atoms with Gasteiger partial charge in [0.05, 0.1) is 5.56 Å². The molecule has 2 aliphatic carbocycles. The third-order valence-electron chi connectivity index (χ3n) is 8.09. The maximum Gasteiger partial charge on any atom is 0.254 e. The second-order valence-electron chi connectivity index (χ2n) is 10.1. The summed E-state index contributed by atoms with van der Waals surface area (Å²) in [4.78, 5) is 20.7. The topological polar surface area (TPSA) is 73.4 Å². The van der Waals surface area contributed by atoms with E-state index in [0.717, 1.165) is 25.1 Å². The molecule has 35 heavy (non-hydrogen) atoms. The van der Waals surface area contributed by atoms with Crippen molar-refractivity contribution in [3.05, 3.63) is 59.3 Å². The average Bonchev–Trinajstić information content (AvgIpc) is 3.22. The minimum atomic E-state index is -0.313. The van der Waals surface area contributed by atoms with E-state index in [-0.39, 0.29) is 30.3 Å². The quantitative estimate of drug-likeness (QED) is 0.468. The number of rotatable bonds is 6. The number of nitrogens with zero attached hydrogens (tertiary/aromatic N) is 3. The summed E-state index contributed by atoms with van der Waals surface area (Å²) in [6.45, 7) is 1.17. The Morgan fingerprint density at radius 2 is 2.11 bits per heavy atom. The number of carbonyl (C=O) groups excluding carboxylic acids is 1. The predicted octanol–water partition coefficient (Wildman–Crippen LogP) is 2.66. The minimum absolute atomic E-state index is 0.0893. The van der Waals surface area contributed by atoms with Crippen LogP contribution in [0, 0.1) is 5.92 Å². The number of amides is 1. The van der Waals surface area contributed by atoms with Gasteiger partial charge >= 0.3 is 0 Å². The van der Waals surface area contributed by atoms with Gasteiger partial charge in [-0.05, 0) is 50.2 Å². The van der Waals surface area contributed by atoms with Crippen molar-refractivity contribution >= 4 is 5.91 Å². The second kappa shape index (κ2) is 8.24. The molecule has 1 amide bonds. The van der Waals surface area contributed by atoms with Gasteiger partial charge in [0.1, 0.15) is 6.10 Å². The van der Waals surface area contributed by atoms with Crippen molar-refractivity contribution in [1.29, 1.82) is 0 Å². The molecule has 2 aromatic rings. The van der Waals surface area contributed by atoms with Gasteiger partial charge < -0.3 is 28.7 Å². The fourth-order valence-electron chi connectivity index (χ4n) is 6.52. The largest absolute Gasteiger partial charge is 0.481 e. The number of carbonyl (C=O) groups is 1. The Balaban J connectivity index is 1.37. The molecule has 1 aromatic heterocycles. The van der Waals surface area contributed by atoms with E-state index in [4.69, 9.17) is 18.9 Å². The first-order chi connectivity index (χ1) is 16.9. The highest BCUT2D eigenvalue weighted by Gasteiger charge is 2.65. The van der Waals surface area contributed by atoms with Gasteiger partial charge in [-0.3, -0.25) is 4.79 Å². The van der Waals surface area contributed by atoms with Crippen LogP contribution >= 0.6 is 0 Å². The molecule has 0 N–H and O–H groups in total. The van der Waals surface area contributed by atoms with E-state index in [1.54, 1.807) is 39.5 Å². The Labute approximate surface area is 205 Å². The summed E-state index contributed by atoms with van der Waals surface area (Å²) >= 11 is 0. The SMILES string of the molecule is COCOc1ccc2c3c1O[C@H]1[C@@H](Oc4ccc(C(=O)N(C)C)cn4)C=C[C@H]4[C@@H](C2)N(C)CC[C@@]341. The van der Waals surface area contributed by atoms with Crippen molar-refractivity contribution in [1.82, 2.24) is 14.8 Å². The van der Waals surface area contributed by atoms with Crippen LogP contribution in [0.5, 0.6) is 17.4 Å². The summed E-state index contributed by atoms with van der Waals surface area (Å²) in [7, 11) is 7.29. The van der Waals surface area contributed by atoms with Crippen LogP contribution in [0.4, 0.5) is 0 Å². The smallest absolute Gasteiger partial charge is 0.254 e. The summed E-state index contributed by atoms with van der Waals surface area (Å²) in [5.74, 6) is 2.27. The number of piperidine rings is 1. The molecule has 2 bridgehead atoms. The van der Waals surface area contributed by atoms with Crippen molar-refractivity contribution in [2.45, 2.75) is 36.5 Å². The molecule has 6 rings (SSSR count). The molecule has 1 aromatic carbocycles. The normalized spacial score (nSPS) is 29.8. The summed E-state index contributed by atoms with van der Waals surface area (Å²) < 4.78 is 24.3. The van der Waals surface area contributed by atoms with E-state index in [9.17, 15) is 4.79 Å². The Hall–Kier alpha value is -3.10. The second-order valence-corrected chi connectivity index (χ2v) is 10.1. The Bertz CT molecular complexity index is 1180. The molecule has 8 nitrogen and oxygen atoms in total. The zero-order valence-electron chi connectivity index (χ0n) is 20.6. The van der Waals surface area contributed by atoms with Gasteiger partial charge in [0.2, 0.25) is 5.88 Å². The lowest BCUT2D eigenvalue weighted by molar-refractivity contribution is -0.0396. The average molecular weight is 478 g/mol. The van der Waals surface area contributed by atoms with Crippen LogP contribution in [0.1, 0.15) is 27.9 Å². The summed E-state index contributed by atoms with van der Waals surface area (Å²) in [5.41, 5.74) is 2.97. The Morgan fingerprint density at radius 3 is 2.86 bits per heavy atom. The lowest BCUT2D eigenvalue weighted by atomic mass is 9.53. The maximum atomic E-state index is 12.2. The Morgan fingerprint density at radius 1 is 1.26 bits per heavy atom. The molecule has 2 aliphatic heterocycles. The fourth-order valence-corrected chi connectivity index (χ4v) is 6.52. The van der Waals surface area contributed by atoms with Crippen LogP contribution in [-0.2, 0) is 16.6 Å². The molecule has 8 heteroatoms. The van der Waals surface area contributed by atoms with E-state index in [2.05, 4.69) is 35.1 Å². The molecule has 0 unspecified atom stereocenters. The van der Waals surface area contributed by atoms with Crippen LogP contribution in [0.25, 0.3) is 0 Å². The minimum Gasteiger partial charge on any atom is -0.481 e. The van der Waals surface area contributed by atoms with Gasteiger partial charge in [-0.25, -0.2) is 4.98 Å². The van der Waals surface area contributed by atoms with E-state index in [0.29, 0.717) is 29.2 Å². The number of methoxy groups -OCH3 is 1. The van der Waals surface area contributed by atoms with Gasteiger partial charge in [-0.2, -0.15) is 0 Å². The molecule has 5 atom stereocenters. The highest BCUT2D eigenvalue weighted by atomic mass is 16.7. The van der Waals surface area contributed by atoms with Gasteiger partial charge in [0.15, 0.2) is 24.4 Å². The standard InChI is InChI=1S/C27H31N3O5/c1-29(2)26(31)17-6-10-22(28-14-17)34-21-9-7-18-19-13-16-5-8-20(33-15-32-4)24-23(16)27(18,25(21)35-24)11-12-30(19)3/h5-10,14,18-19,21,25H,11-13,15H2,1-4H3/t18-,19+,21-,25-,27-/m0/s1. The Kier molecular flexibility index (Phi) is 5.27. The van der Waals surface area contributed by atoms with Crippen molar-refractivity contribution in [3.8, 4) is 17.4 Å². The lowest BCUT2D eigenvalue weighted by Crippen LogP contribution is -2.65. The maximum absolute atomic E-state index is 12.2. The number of likely N-dealkylation sites (tertiary alicyclic amines) is 1. The molecule has 0 radical (unpaired) electrons. The predicted molar refractivity (Wildman–Crippen MR) is 129 cm³/mol. The third kappa shape index (κ3) is 3.27. The molecule has 1 spiro atoms. The summed E-state index contributed by atoms with van der Waals surface area (Å²) in [6, 6.07) is 8.13. The van der Waals surface area contributed by atoms with Crippen LogP contribution in [0.2, 0.25) is 0 Å². The van der Waals surface area contributed by atoms with Gasteiger partial charge in [0, 0.05) is 56.4 Å². The first kappa shape index (κ1) is 22.4. The van der Waals surface area contributed by atoms with Crippen LogP contribution in [0.3, 0.4) is 0 Å². The number of hydrogen-bond acceptors (Lipinski definition) is 7. The molecular weight excluding hydrogens is 446 g/mol. The van der Waals surface area contributed by atoms with Crippen molar-refractivity contribution in [3.63, 3.8) is 0 Å². The zero-order chi connectivity index (χ0) is 24.3. The molecule has 4 aliphatic rings. The van der Waals surface area contributed by atoms with E-state index < -0.39 is 0 Å². The number of likely N-dealkylation sites (N-methyl/N-ethyl adjacent to an activating group) is 1. The molecular formula is C27H31N3O5. The van der Waals surface area contributed by atoms with Gasteiger partial charge in [-0.15, -0.1) is 0 Å².